The summed E-state index contributed by atoms with van der Waals surface area (Å²) in [5, 5.41) is 24.0. The minimum Gasteiger partial charge on any atom is -0.465 e. The molecule has 0 radical (unpaired) electrons. The second kappa shape index (κ2) is 13.4. The summed E-state index contributed by atoms with van der Waals surface area (Å²) in [6.07, 6.45) is -0.480. The Morgan fingerprint density at radius 3 is 1.71 bits per heavy atom. The molecule has 184 valence electrons. The van der Waals surface area contributed by atoms with Gasteiger partial charge in [-0.2, -0.15) is 0 Å². The second-order valence-electron chi connectivity index (χ2n) is 6.52. The third-order valence-electron chi connectivity index (χ3n) is 3.96. The molecule has 0 fully saturated rings. The van der Waals surface area contributed by atoms with E-state index in [1.165, 1.54) is 48.5 Å². The van der Waals surface area contributed by atoms with Gasteiger partial charge in [-0.25, -0.2) is 9.78 Å². The van der Waals surface area contributed by atoms with Gasteiger partial charge in [0.25, 0.3) is 11.4 Å². The first-order chi connectivity index (χ1) is 16.2. The van der Waals surface area contributed by atoms with Gasteiger partial charge in [-0.05, 0) is 42.3 Å². The van der Waals surface area contributed by atoms with Crippen molar-refractivity contribution >= 4 is 24.9 Å². The smallest absolute Gasteiger partial charge is 0.397 e. The van der Waals surface area contributed by atoms with Crippen LogP contribution in [0.5, 0.6) is 0 Å². The van der Waals surface area contributed by atoms with E-state index in [1.54, 1.807) is 6.92 Å². The SMILES string of the molecule is CCOC(=O)CNCP(=O)(OOCc1ccc([N+](=O)[O-])cc1)OOCc1ccc([N+](=O)[O-])cc1. The molecule has 0 bridgehead atoms. The van der Waals surface area contributed by atoms with E-state index in [9.17, 15) is 29.6 Å². The maximum absolute atomic E-state index is 12.9. The zero-order valence-corrected chi connectivity index (χ0v) is 18.9. The fraction of sp³-hybridized carbons (Fsp3) is 0.316. The van der Waals surface area contributed by atoms with E-state index < -0.39 is 29.7 Å². The summed E-state index contributed by atoms with van der Waals surface area (Å²) in [6.45, 7) is 1.08. The molecule has 0 amide bonds. The zero-order valence-electron chi connectivity index (χ0n) is 18.0. The summed E-state index contributed by atoms with van der Waals surface area (Å²) >= 11 is 0. The van der Waals surface area contributed by atoms with Crippen LogP contribution in [0.4, 0.5) is 11.4 Å². The zero-order chi connectivity index (χ0) is 25.0. The van der Waals surface area contributed by atoms with Gasteiger partial charge < -0.3 is 4.74 Å². The number of nitrogens with zero attached hydrogens (tertiary/aromatic N) is 2. The average Bonchev–Trinajstić information content (AvgIpc) is 2.80. The van der Waals surface area contributed by atoms with E-state index in [-0.39, 0.29) is 37.7 Å². The number of rotatable bonds is 15. The fourth-order valence-corrected chi connectivity index (χ4v) is 3.29. The number of carbonyl (C=O) groups is 1. The van der Waals surface area contributed by atoms with Crippen LogP contribution in [0.2, 0.25) is 0 Å². The monoisotopic (exact) mass is 499 g/mol. The summed E-state index contributed by atoms with van der Waals surface area (Å²) in [6, 6.07) is 10.8. The highest BCUT2D eigenvalue weighted by molar-refractivity contribution is 7.53. The number of esters is 1. The number of carbonyl (C=O) groups excluding carboxylic acids is 1. The molecule has 15 heteroatoms. The van der Waals surface area contributed by atoms with Crippen molar-refractivity contribution in [2.45, 2.75) is 20.1 Å². The van der Waals surface area contributed by atoms with Crippen LogP contribution in [0.15, 0.2) is 48.5 Å². The van der Waals surface area contributed by atoms with Crippen molar-refractivity contribution in [3.8, 4) is 0 Å². The number of nitro benzene ring substituents is 2. The van der Waals surface area contributed by atoms with E-state index >= 15 is 0 Å². The van der Waals surface area contributed by atoms with Gasteiger partial charge >= 0.3 is 13.6 Å². The fourth-order valence-electron chi connectivity index (χ4n) is 2.35. The van der Waals surface area contributed by atoms with E-state index in [2.05, 4.69) is 5.32 Å². The van der Waals surface area contributed by atoms with Gasteiger partial charge in [0.05, 0.1) is 23.0 Å². The van der Waals surface area contributed by atoms with E-state index in [0.717, 1.165) is 0 Å². The first-order valence-corrected chi connectivity index (χ1v) is 11.5. The number of hydrogen-bond acceptors (Lipinski definition) is 12. The Labute approximate surface area is 193 Å². The minimum atomic E-state index is -4.10. The molecule has 0 aromatic heterocycles. The van der Waals surface area contributed by atoms with Crippen molar-refractivity contribution in [1.29, 1.82) is 0 Å². The van der Waals surface area contributed by atoms with Crippen LogP contribution < -0.4 is 5.32 Å². The lowest BCUT2D eigenvalue weighted by atomic mass is 10.2. The van der Waals surface area contributed by atoms with Crippen molar-refractivity contribution in [2.24, 2.45) is 0 Å². The third kappa shape index (κ3) is 9.31. The molecular formula is C19H22N3O11P. The highest BCUT2D eigenvalue weighted by atomic mass is 31.2. The molecule has 14 nitrogen and oxygen atoms in total. The topological polar surface area (TPSA) is 179 Å². The first-order valence-electron chi connectivity index (χ1n) is 9.77. The molecule has 0 aliphatic heterocycles. The Hall–Kier alpha value is -3.26. The standard InChI is InChI=1S/C19H22N3O11P/c1-2-29-19(23)11-20-14-34(28,32-30-12-15-3-7-17(8-4-15)21(24)25)33-31-13-16-5-9-18(10-6-16)22(26)27/h3-10,20H,2,11-14H2,1H3. The van der Waals surface area contributed by atoms with Gasteiger partial charge in [-0.1, -0.05) is 0 Å². The number of nitrogens with one attached hydrogen (secondary N) is 1. The number of nitro groups is 2. The number of non-ortho nitro benzene ring substituents is 2. The predicted octanol–water partition coefficient (Wildman–Crippen LogP) is 3.40. The average molecular weight is 499 g/mol. The molecule has 0 saturated heterocycles. The van der Waals surface area contributed by atoms with Crippen molar-refractivity contribution in [3.63, 3.8) is 0 Å². The molecule has 0 heterocycles. The quantitative estimate of drug-likeness (QED) is 0.124. The molecular weight excluding hydrogens is 477 g/mol. The lowest BCUT2D eigenvalue weighted by Crippen LogP contribution is -2.26. The van der Waals surface area contributed by atoms with Crippen molar-refractivity contribution in [3.05, 3.63) is 79.9 Å². The summed E-state index contributed by atoms with van der Waals surface area (Å²) in [4.78, 5) is 41.7. The molecule has 0 spiro atoms. The van der Waals surface area contributed by atoms with Crippen LogP contribution in [-0.4, -0.2) is 35.3 Å². The van der Waals surface area contributed by atoms with Crippen LogP contribution in [0.1, 0.15) is 18.1 Å². The van der Waals surface area contributed by atoms with Crippen LogP contribution in [-0.2, 0) is 46.4 Å². The Balaban J connectivity index is 1.92. The Kier molecular flexibility index (Phi) is 10.7. The van der Waals surface area contributed by atoms with E-state index in [4.69, 9.17) is 23.9 Å². The van der Waals surface area contributed by atoms with Gasteiger partial charge in [0.1, 0.15) is 19.5 Å². The van der Waals surface area contributed by atoms with Gasteiger partial charge in [0.15, 0.2) is 0 Å². The first kappa shape index (κ1) is 27.0. The highest BCUT2D eigenvalue weighted by Crippen LogP contribution is 2.48. The van der Waals surface area contributed by atoms with E-state index in [0.29, 0.717) is 11.1 Å². The van der Waals surface area contributed by atoms with Crippen LogP contribution in [0, 0.1) is 20.2 Å². The molecule has 1 N–H and O–H groups in total. The van der Waals surface area contributed by atoms with Crippen molar-refractivity contribution < 1.29 is 43.1 Å². The summed E-state index contributed by atoms with van der Waals surface area (Å²) < 4.78 is 27.5. The van der Waals surface area contributed by atoms with Crippen molar-refractivity contribution in [1.82, 2.24) is 5.32 Å². The maximum atomic E-state index is 12.9. The molecule has 0 aliphatic rings. The molecule has 0 unspecified atom stereocenters. The lowest BCUT2D eigenvalue weighted by Gasteiger charge is -2.16. The Morgan fingerprint density at radius 1 is 0.882 bits per heavy atom. The Morgan fingerprint density at radius 2 is 1.32 bits per heavy atom. The second-order valence-corrected chi connectivity index (χ2v) is 8.36. The molecule has 2 aromatic carbocycles. The lowest BCUT2D eigenvalue weighted by molar-refractivity contribution is -0.385. The van der Waals surface area contributed by atoms with Crippen LogP contribution >= 0.6 is 7.60 Å². The van der Waals surface area contributed by atoms with Crippen molar-refractivity contribution in [2.75, 3.05) is 19.4 Å². The minimum absolute atomic E-state index is 0.110. The maximum Gasteiger partial charge on any atom is 0.397 e. The largest absolute Gasteiger partial charge is 0.465 e. The summed E-state index contributed by atoms with van der Waals surface area (Å²) in [5.41, 5.74) is 0.759. The van der Waals surface area contributed by atoms with Gasteiger partial charge in [0.2, 0.25) is 0 Å². The highest BCUT2D eigenvalue weighted by Gasteiger charge is 2.28. The Bertz CT molecular complexity index is 948. The number of ether oxygens (including phenoxy) is 1. The van der Waals surface area contributed by atoms with E-state index in [1.807, 2.05) is 0 Å². The molecule has 2 rings (SSSR count). The molecule has 0 atom stereocenters. The molecule has 34 heavy (non-hydrogen) atoms. The summed E-state index contributed by atoms with van der Waals surface area (Å²) in [5.74, 6) is -0.590. The van der Waals surface area contributed by atoms with Gasteiger partial charge in [-0.3, -0.25) is 34.9 Å². The normalized spacial score (nSPS) is 11.2. The molecule has 0 aliphatic carbocycles. The summed E-state index contributed by atoms with van der Waals surface area (Å²) in [7, 11) is -4.10. The number of benzene rings is 2. The van der Waals surface area contributed by atoms with Gasteiger partial charge in [-0.15, -0.1) is 9.35 Å². The molecule has 2 aromatic rings. The van der Waals surface area contributed by atoms with Crippen LogP contribution in [0.25, 0.3) is 0 Å². The third-order valence-corrected chi connectivity index (χ3v) is 5.23. The predicted molar refractivity (Wildman–Crippen MR) is 115 cm³/mol. The van der Waals surface area contributed by atoms with Crippen LogP contribution in [0.3, 0.4) is 0 Å². The van der Waals surface area contributed by atoms with Gasteiger partial charge in [0, 0.05) is 24.3 Å². The number of hydrogen-bond donors (Lipinski definition) is 1. The molecule has 0 saturated carbocycles.